The zero-order valence-corrected chi connectivity index (χ0v) is 12.2. The minimum Gasteiger partial charge on any atom is -0.341 e. The fraction of sp³-hybridized carbons (Fsp3) is 0.533. The lowest BCUT2D eigenvalue weighted by atomic mass is 10.0. The van der Waals surface area contributed by atoms with E-state index in [2.05, 4.69) is 12.1 Å². The Morgan fingerprint density at radius 3 is 2.84 bits per heavy atom. The molecule has 2 atom stereocenters. The summed E-state index contributed by atoms with van der Waals surface area (Å²) in [6, 6.07) is 10.2. The van der Waals surface area contributed by atoms with Gasteiger partial charge in [-0.15, -0.1) is 0 Å². The van der Waals surface area contributed by atoms with Crippen LogP contribution in [0, 0.1) is 0 Å². The van der Waals surface area contributed by atoms with Crippen molar-refractivity contribution in [3.8, 4) is 0 Å². The van der Waals surface area contributed by atoms with Crippen molar-refractivity contribution in [3.63, 3.8) is 0 Å². The van der Waals surface area contributed by atoms with Gasteiger partial charge in [-0.25, -0.2) is 0 Å². The highest BCUT2D eigenvalue weighted by Crippen LogP contribution is 2.22. The first-order valence-electron chi connectivity index (χ1n) is 6.82. The number of amides is 1. The normalized spacial score (nSPS) is 20.2. The molecule has 1 aromatic rings. The Bertz CT molecular complexity index is 404. The fourth-order valence-electron chi connectivity index (χ4n) is 2.36. The standard InChI is InChI=1S/C15H22N2OS/c1-17(13-9-10-19-11-13)15(18)14(16)8-7-12-5-3-2-4-6-12/h2-6,13-14H,7-11,16H2,1H3. The van der Waals surface area contributed by atoms with Crippen LogP contribution in [0.25, 0.3) is 0 Å². The van der Waals surface area contributed by atoms with Gasteiger partial charge in [0, 0.05) is 18.8 Å². The van der Waals surface area contributed by atoms with Crippen LogP contribution in [0.2, 0.25) is 0 Å². The molecule has 1 aliphatic rings. The topological polar surface area (TPSA) is 46.3 Å². The predicted octanol–water partition coefficient (Wildman–Crippen LogP) is 1.91. The molecule has 1 saturated heterocycles. The molecular weight excluding hydrogens is 256 g/mol. The molecule has 1 aliphatic heterocycles. The Morgan fingerprint density at radius 2 is 2.21 bits per heavy atom. The van der Waals surface area contributed by atoms with Gasteiger partial charge in [-0.1, -0.05) is 30.3 Å². The van der Waals surface area contributed by atoms with Gasteiger partial charge in [0.15, 0.2) is 0 Å². The quantitative estimate of drug-likeness (QED) is 0.895. The maximum Gasteiger partial charge on any atom is 0.239 e. The molecule has 0 saturated carbocycles. The second kappa shape index (κ2) is 6.96. The average molecular weight is 278 g/mol. The Balaban J connectivity index is 1.81. The highest BCUT2D eigenvalue weighted by atomic mass is 32.2. The molecule has 4 heteroatoms. The first-order chi connectivity index (χ1) is 9.18. The second-order valence-electron chi connectivity index (χ2n) is 5.10. The summed E-state index contributed by atoms with van der Waals surface area (Å²) in [5.74, 6) is 2.29. The third-order valence-corrected chi connectivity index (χ3v) is 4.85. The van der Waals surface area contributed by atoms with Gasteiger partial charge in [-0.05, 0) is 30.6 Å². The van der Waals surface area contributed by atoms with E-state index in [4.69, 9.17) is 5.73 Å². The Hall–Kier alpha value is -1.00. The number of hydrogen-bond donors (Lipinski definition) is 1. The van der Waals surface area contributed by atoms with Crippen molar-refractivity contribution in [1.29, 1.82) is 0 Å². The van der Waals surface area contributed by atoms with E-state index >= 15 is 0 Å². The van der Waals surface area contributed by atoms with Gasteiger partial charge in [-0.2, -0.15) is 11.8 Å². The third-order valence-electron chi connectivity index (χ3n) is 3.71. The second-order valence-corrected chi connectivity index (χ2v) is 6.25. The zero-order valence-electron chi connectivity index (χ0n) is 11.4. The number of aryl methyl sites for hydroxylation is 1. The van der Waals surface area contributed by atoms with E-state index in [0.717, 1.165) is 24.3 Å². The molecule has 19 heavy (non-hydrogen) atoms. The van der Waals surface area contributed by atoms with Gasteiger partial charge >= 0.3 is 0 Å². The molecule has 1 amide bonds. The lowest BCUT2D eigenvalue weighted by Crippen LogP contribution is -2.46. The summed E-state index contributed by atoms with van der Waals surface area (Å²) in [5.41, 5.74) is 7.28. The molecule has 3 nitrogen and oxygen atoms in total. The lowest BCUT2D eigenvalue weighted by molar-refractivity contribution is -0.133. The Morgan fingerprint density at radius 1 is 1.47 bits per heavy atom. The molecular formula is C15H22N2OS. The molecule has 0 radical (unpaired) electrons. The van der Waals surface area contributed by atoms with E-state index in [0.29, 0.717) is 12.5 Å². The summed E-state index contributed by atoms with van der Waals surface area (Å²) in [6.07, 6.45) is 2.67. The van der Waals surface area contributed by atoms with Crippen molar-refractivity contribution in [3.05, 3.63) is 35.9 Å². The summed E-state index contributed by atoms with van der Waals surface area (Å²) in [5, 5.41) is 0. The van der Waals surface area contributed by atoms with Gasteiger partial charge in [-0.3, -0.25) is 4.79 Å². The largest absolute Gasteiger partial charge is 0.341 e. The first-order valence-corrected chi connectivity index (χ1v) is 7.98. The smallest absolute Gasteiger partial charge is 0.239 e. The lowest BCUT2D eigenvalue weighted by Gasteiger charge is -2.26. The third kappa shape index (κ3) is 3.98. The van der Waals surface area contributed by atoms with Crippen molar-refractivity contribution < 1.29 is 4.79 Å². The van der Waals surface area contributed by atoms with Crippen molar-refractivity contribution in [2.75, 3.05) is 18.6 Å². The van der Waals surface area contributed by atoms with Gasteiger partial charge in [0.2, 0.25) is 5.91 Å². The molecule has 2 N–H and O–H groups in total. The number of benzene rings is 1. The molecule has 1 heterocycles. The fourth-order valence-corrected chi connectivity index (χ4v) is 3.63. The van der Waals surface area contributed by atoms with E-state index < -0.39 is 0 Å². The number of hydrogen-bond acceptors (Lipinski definition) is 3. The number of nitrogens with zero attached hydrogens (tertiary/aromatic N) is 1. The molecule has 104 valence electrons. The molecule has 0 spiro atoms. The van der Waals surface area contributed by atoms with Gasteiger partial charge in [0.25, 0.3) is 0 Å². The summed E-state index contributed by atoms with van der Waals surface area (Å²) in [7, 11) is 1.89. The van der Waals surface area contributed by atoms with Crippen LogP contribution in [0.4, 0.5) is 0 Å². The molecule has 1 aromatic carbocycles. The van der Waals surface area contributed by atoms with Crippen LogP contribution in [0.5, 0.6) is 0 Å². The van der Waals surface area contributed by atoms with Crippen molar-refractivity contribution in [2.45, 2.75) is 31.3 Å². The molecule has 0 aliphatic carbocycles. The van der Waals surface area contributed by atoms with Crippen molar-refractivity contribution in [2.24, 2.45) is 5.73 Å². The number of rotatable bonds is 5. The molecule has 2 unspecified atom stereocenters. The van der Waals surface area contributed by atoms with Crippen LogP contribution in [-0.4, -0.2) is 41.4 Å². The van der Waals surface area contributed by atoms with Crippen LogP contribution in [0.1, 0.15) is 18.4 Å². The Kier molecular flexibility index (Phi) is 5.28. The van der Waals surface area contributed by atoms with Gasteiger partial charge in [0.05, 0.1) is 6.04 Å². The minimum atomic E-state index is -0.379. The SMILES string of the molecule is CN(C(=O)C(N)CCc1ccccc1)C1CCSC1. The Labute approximate surface area is 119 Å². The van der Waals surface area contributed by atoms with Crippen LogP contribution in [0.15, 0.2) is 30.3 Å². The van der Waals surface area contributed by atoms with Crippen LogP contribution in [-0.2, 0) is 11.2 Å². The summed E-state index contributed by atoms with van der Waals surface area (Å²) in [6.45, 7) is 0. The van der Waals surface area contributed by atoms with E-state index in [1.165, 1.54) is 5.56 Å². The van der Waals surface area contributed by atoms with Crippen molar-refractivity contribution in [1.82, 2.24) is 4.90 Å². The van der Waals surface area contributed by atoms with Gasteiger partial charge in [0.1, 0.15) is 0 Å². The number of carbonyl (C=O) groups excluding carboxylic acids is 1. The summed E-state index contributed by atoms with van der Waals surface area (Å²) in [4.78, 5) is 14.1. The van der Waals surface area contributed by atoms with Crippen LogP contribution >= 0.6 is 11.8 Å². The molecule has 0 aromatic heterocycles. The van der Waals surface area contributed by atoms with E-state index in [9.17, 15) is 4.79 Å². The number of nitrogens with two attached hydrogens (primary N) is 1. The monoisotopic (exact) mass is 278 g/mol. The van der Waals surface area contributed by atoms with Gasteiger partial charge < -0.3 is 10.6 Å². The van der Waals surface area contributed by atoms with E-state index in [-0.39, 0.29) is 11.9 Å². The predicted molar refractivity (Wildman–Crippen MR) is 81.2 cm³/mol. The van der Waals surface area contributed by atoms with E-state index in [1.54, 1.807) is 0 Å². The average Bonchev–Trinajstić information content (AvgIpc) is 2.98. The summed E-state index contributed by atoms with van der Waals surface area (Å²) < 4.78 is 0. The number of likely N-dealkylation sites (N-methyl/N-ethyl adjacent to an activating group) is 1. The highest BCUT2D eigenvalue weighted by Gasteiger charge is 2.26. The summed E-state index contributed by atoms with van der Waals surface area (Å²) >= 11 is 1.92. The number of carbonyl (C=O) groups is 1. The zero-order chi connectivity index (χ0) is 13.7. The maximum atomic E-state index is 12.2. The highest BCUT2D eigenvalue weighted by molar-refractivity contribution is 7.99. The van der Waals surface area contributed by atoms with Crippen molar-refractivity contribution >= 4 is 17.7 Å². The van der Waals surface area contributed by atoms with Crippen LogP contribution in [0.3, 0.4) is 0 Å². The first kappa shape index (κ1) is 14.4. The minimum absolute atomic E-state index is 0.0865. The molecule has 1 fully saturated rings. The number of thioether (sulfide) groups is 1. The van der Waals surface area contributed by atoms with E-state index in [1.807, 2.05) is 41.9 Å². The van der Waals surface area contributed by atoms with Crippen LogP contribution < -0.4 is 5.73 Å². The molecule has 0 bridgehead atoms. The maximum absolute atomic E-state index is 12.2. The molecule has 2 rings (SSSR count).